The topological polar surface area (TPSA) is 88.6 Å². The van der Waals surface area contributed by atoms with Gasteiger partial charge >= 0.3 is 0 Å². The van der Waals surface area contributed by atoms with Gasteiger partial charge in [0.25, 0.3) is 5.91 Å². The van der Waals surface area contributed by atoms with Crippen LogP contribution < -0.4 is 11.1 Å². The fourth-order valence-electron chi connectivity index (χ4n) is 3.82. The second kappa shape index (κ2) is 8.23. The van der Waals surface area contributed by atoms with Crippen LogP contribution >= 0.6 is 12.4 Å². The van der Waals surface area contributed by atoms with Crippen LogP contribution in [-0.2, 0) is 4.79 Å². The molecule has 1 saturated heterocycles. The summed E-state index contributed by atoms with van der Waals surface area (Å²) in [7, 11) is 0. The lowest BCUT2D eigenvalue weighted by Crippen LogP contribution is -2.58. The summed E-state index contributed by atoms with van der Waals surface area (Å²) in [4.78, 5) is 26.9. The molecule has 0 radical (unpaired) electrons. The molecule has 25 heavy (non-hydrogen) atoms. The molecule has 0 spiro atoms. The molecular formula is C18H28ClN3O3. The number of furan rings is 1. The highest BCUT2D eigenvalue weighted by molar-refractivity contribution is 5.95. The summed E-state index contributed by atoms with van der Waals surface area (Å²) in [6, 6.07) is 1.78. The van der Waals surface area contributed by atoms with Crippen molar-refractivity contribution in [3.63, 3.8) is 0 Å². The van der Waals surface area contributed by atoms with Crippen LogP contribution in [0.15, 0.2) is 16.7 Å². The average molecular weight is 370 g/mol. The lowest BCUT2D eigenvalue weighted by atomic mass is 9.81. The fourth-order valence-corrected chi connectivity index (χ4v) is 3.82. The number of hydrogen-bond donors (Lipinski definition) is 2. The van der Waals surface area contributed by atoms with E-state index in [0.29, 0.717) is 24.4 Å². The first-order chi connectivity index (χ1) is 11.5. The molecule has 1 aliphatic heterocycles. The number of piperidine rings is 1. The third-order valence-corrected chi connectivity index (χ3v) is 5.39. The standard InChI is InChI=1S/C18H27N3O3.ClH/c1-13-15(7-12-24-13)16(22)20-14-5-10-21(11-6-14)17(23)18(19)8-3-2-4-9-18;/h7,12,14H,2-6,8-11,19H2,1H3,(H,20,22);1H. The molecule has 1 aliphatic carbocycles. The Morgan fingerprint density at radius 2 is 1.88 bits per heavy atom. The number of nitrogens with one attached hydrogen (secondary N) is 1. The highest BCUT2D eigenvalue weighted by Crippen LogP contribution is 2.28. The van der Waals surface area contributed by atoms with E-state index in [1.165, 1.54) is 12.7 Å². The number of likely N-dealkylation sites (tertiary alicyclic amines) is 1. The first kappa shape index (κ1) is 19.8. The van der Waals surface area contributed by atoms with E-state index in [2.05, 4.69) is 5.32 Å². The molecule has 0 unspecified atom stereocenters. The summed E-state index contributed by atoms with van der Waals surface area (Å²) < 4.78 is 5.17. The number of amides is 2. The summed E-state index contributed by atoms with van der Waals surface area (Å²) >= 11 is 0. The number of carbonyl (C=O) groups is 2. The zero-order valence-corrected chi connectivity index (χ0v) is 15.6. The molecule has 140 valence electrons. The molecule has 2 amide bonds. The van der Waals surface area contributed by atoms with Gasteiger partial charge in [0.2, 0.25) is 5.91 Å². The maximum absolute atomic E-state index is 12.7. The summed E-state index contributed by atoms with van der Waals surface area (Å²) in [6.45, 7) is 3.10. The van der Waals surface area contributed by atoms with Crippen molar-refractivity contribution in [3.8, 4) is 0 Å². The lowest BCUT2D eigenvalue weighted by Gasteiger charge is -2.40. The van der Waals surface area contributed by atoms with Gasteiger partial charge in [0, 0.05) is 19.1 Å². The summed E-state index contributed by atoms with van der Waals surface area (Å²) in [5, 5.41) is 3.04. The van der Waals surface area contributed by atoms with E-state index >= 15 is 0 Å². The van der Waals surface area contributed by atoms with Gasteiger partial charge in [-0.2, -0.15) is 0 Å². The fraction of sp³-hybridized carbons (Fsp3) is 0.667. The van der Waals surface area contributed by atoms with Gasteiger partial charge in [0.15, 0.2) is 0 Å². The van der Waals surface area contributed by atoms with E-state index in [0.717, 1.165) is 38.5 Å². The Balaban J connectivity index is 0.00000225. The number of halogens is 1. The molecular weight excluding hydrogens is 342 g/mol. The predicted molar refractivity (Wildman–Crippen MR) is 97.8 cm³/mol. The van der Waals surface area contributed by atoms with Gasteiger partial charge in [-0.15, -0.1) is 12.4 Å². The molecule has 2 fully saturated rings. The van der Waals surface area contributed by atoms with Crippen LogP contribution in [0.25, 0.3) is 0 Å². The normalized spacial score (nSPS) is 20.6. The molecule has 1 aromatic rings. The van der Waals surface area contributed by atoms with Gasteiger partial charge in [0.05, 0.1) is 17.4 Å². The van der Waals surface area contributed by atoms with Crippen molar-refractivity contribution >= 4 is 24.2 Å². The lowest BCUT2D eigenvalue weighted by molar-refractivity contribution is -0.139. The molecule has 1 aromatic heterocycles. The van der Waals surface area contributed by atoms with Crippen LogP contribution in [0.3, 0.4) is 0 Å². The van der Waals surface area contributed by atoms with E-state index < -0.39 is 5.54 Å². The Morgan fingerprint density at radius 1 is 1.24 bits per heavy atom. The smallest absolute Gasteiger partial charge is 0.255 e. The molecule has 0 aromatic carbocycles. The molecule has 0 atom stereocenters. The largest absolute Gasteiger partial charge is 0.469 e. The molecule has 0 bridgehead atoms. The minimum Gasteiger partial charge on any atom is -0.469 e. The van der Waals surface area contributed by atoms with E-state index in [9.17, 15) is 9.59 Å². The molecule has 6 nitrogen and oxygen atoms in total. The number of aryl methyl sites for hydroxylation is 1. The molecule has 3 rings (SSSR count). The first-order valence-corrected chi connectivity index (χ1v) is 8.93. The molecule has 1 saturated carbocycles. The Labute approximate surface area is 154 Å². The molecule has 3 N–H and O–H groups in total. The van der Waals surface area contributed by atoms with Gasteiger partial charge in [-0.25, -0.2) is 0 Å². The monoisotopic (exact) mass is 369 g/mol. The zero-order valence-electron chi connectivity index (χ0n) is 14.8. The number of nitrogens with zero attached hydrogens (tertiary/aromatic N) is 1. The summed E-state index contributed by atoms with van der Waals surface area (Å²) in [5.74, 6) is 0.619. The maximum atomic E-state index is 12.7. The van der Waals surface area contributed by atoms with Gasteiger partial charge in [-0.3, -0.25) is 9.59 Å². The van der Waals surface area contributed by atoms with E-state index in [-0.39, 0.29) is 30.3 Å². The van der Waals surface area contributed by atoms with Crippen molar-refractivity contribution in [3.05, 3.63) is 23.7 Å². The highest BCUT2D eigenvalue weighted by atomic mass is 35.5. The Kier molecular flexibility index (Phi) is 6.52. The Hall–Kier alpha value is -1.53. The number of rotatable bonds is 3. The summed E-state index contributed by atoms with van der Waals surface area (Å²) in [5.41, 5.74) is 6.27. The van der Waals surface area contributed by atoms with Crippen LogP contribution in [-0.4, -0.2) is 41.4 Å². The minimum atomic E-state index is -0.664. The van der Waals surface area contributed by atoms with Gasteiger partial charge in [0.1, 0.15) is 5.76 Å². The predicted octanol–water partition coefficient (Wildman–Crippen LogP) is 2.39. The van der Waals surface area contributed by atoms with Crippen LogP contribution in [0.1, 0.15) is 61.1 Å². The Morgan fingerprint density at radius 3 is 2.44 bits per heavy atom. The second-order valence-electron chi connectivity index (χ2n) is 7.15. The molecule has 2 aliphatic rings. The third kappa shape index (κ3) is 4.36. The maximum Gasteiger partial charge on any atom is 0.255 e. The van der Waals surface area contributed by atoms with Crippen LogP contribution in [0.4, 0.5) is 0 Å². The number of nitrogens with two attached hydrogens (primary N) is 1. The van der Waals surface area contributed by atoms with Crippen LogP contribution in [0, 0.1) is 6.92 Å². The van der Waals surface area contributed by atoms with Crippen molar-refractivity contribution in [2.45, 2.75) is 63.5 Å². The van der Waals surface area contributed by atoms with Crippen LogP contribution in [0.5, 0.6) is 0 Å². The quantitative estimate of drug-likeness (QED) is 0.856. The molecule has 7 heteroatoms. The van der Waals surface area contributed by atoms with Crippen LogP contribution in [0.2, 0.25) is 0 Å². The molecule has 2 heterocycles. The Bertz CT molecular complexity index is 602. The van der Waals surface area contributed by atoms with Crippen molar-refractivity contribution in [1.29, 1.82) is 0 Å². The van der Waals surface area contributed by atoms with E-state index in [1.807, 2.05) is 4.90 Å². The minimum absolute atomic E-state index is 0. The van der Waals surface area contributed by atoms with Crippen molar-refractivity contribution in [2.75, 3.05) is 13.1 Å². The van der Waals surface area contributed by atoms with Crippen molar-refractivity contribution in [2.24, 2.45) is 5.73 Å². The number of carbonyl (C=O) groups excluding carboxylic acids is 2. The van der Waals surface area contributed by atoms with E-state index in [1.54, 1.807) is 13.0 Å². The van der Waals surface area contributed by atoms with E-state index in [4.69, 9.17) is 10.2 Å². The summed E-state index contributed by atoms with van der Waals surface area (Å²) in [6.07, 6.45) is 7.90. The van der Waals surface area contributed by atoms with Gasteiger partial charge in [-0.1, -0.05) is 19.3 Å². The second-order valence-corrected chi connectivity index (χ2v) is 7.15. The SMILES string of the molecule is Cc1occc1C(=O)NC1CCN(C(=O)C2(N)CCCCC2)CC1.Cl. The van der Waals surface area contributed by atoms with Gasteiger partial charge < -0.3 is 20.4 Å². The highest BCUT2D eigenvalue weighted by Gasteiger charge is 2.39. The van der Waals surface area contributed by atoms with Crippen molar-refractivity contribution in [1.82, 2.24) is 10.2 Å². The van der Waals surface area contributed by atoms with Crippen molar-refractivity contribution < 1.29 is 14.0 Å². The first-order valence-electron chi connectivity index (χ1n) is 8.93. The zero-order chi connectivity index (χ0) is 17.2. The number of hydrogen-bond acceptors (Lipinski definition) is 4. The third-order valence-electron chi connectivity index (χ3n) is 5.39. The average Bonchev–Trinajstić information content (AvgIpc) is 3.02. The van der Waals surface area contributed by atoms with Gasteiger partial charge in [-0.05, 0) is 38.7 Å².